The van der Waals surface area contributed by atoms with Gasteiger partial charge in [-0.2, -0.15) is 0 Å². The highest BCUT2D eigenvalue weighted by Gasteiger charge is 2.30. The van der Waals surface area contributed by atoms with E-state index in [2.05, 4.69) is 15.2 Å². The topological polar surface area (TPSA) is 122 Å². The second-order valence-electron chi connectivity index (χ2n) is 10.5. The minimum absolute atomic E-state index is 0.0507. The molecule has 0 fully saturated rings. The summed E-state index contributed by atoms with van der Waals surface area (Å²) in [7, 11) is -2.27. The van der Waals surface area contributed by atoms with Crippen molar-refractivity contribution in [3.63, 3.8) is 0 Å². The normalized spacial score (nSPS) is 12.4. The molecule has 210 valence electrons. The van der Waals surface area contributed by atoms with Crippen molar-refractivity contribution in [1.29, 1.82) is 0 Å². The van der Waals surface area contributed by atoms with Crippen LogP contribution < -0.4 is 10.0 Å². The zero-order valence-corrected chi connectivity index (χ0v) is 24.4. The van der Waals surface area contributed by atoms with Crippen LogP contribution in [0.4, 0.5) is 5.88 Å². The smallest absolute Gasteiger partial charge is 0.264 e. The Labute approximate surface area is 231 Å². The number of rotatable bonds is 11. The molecule has 1 heterocycles. The summed E-state index contributed by atoms with van der Waals surface area (Å²) in [6.07, 6.45) is 0.388. The number of hydrogen-bond donors (Lipinski definition) is 2. The first-order valence-corrected chi connectivity index (χ1v) is 14.5. The van der Waals surface area contributed by atoms with Crippen LogP contribution in [0.2, 0.25) is 0 Å². The molecule has 0 unspecified atom stereocenters. The van der Waals surface area contributed by atoms with E-state index in [1.54, 1.807) is 39.1 Å². The maximum atomic E-state index is 13.2. The fourth-order valence-corrected chi connectivity index (χ4v) is 5.57. The zero-order chi connectivity index (χ0) is 28.9. The van der Waals surface area contributed by atoms with Crippen LogP contribution in [0.15, 0.2) is 57.9 Å². The zero-order valence-electron chi connectivity index (χ0n) is 23.6. The monoisotopic (exact) mass is 554 g/mol. The van der Waals surface area contributed by atoms with Gasteiger partial charge in [0, 0.05) is 31.1 Å². The summed E-state index contributed by atoms with van der Waals surface area (Å²) >= 11 is 0. The molecule has 39 heavy (non-hydrogen) atoms. The first-order valence-electron chi connectivity index (χ1n) is 13.0. The molecule has 0 bridgehead atoms. The predicted molar refractivity (Wildman–Crippen MR) is 151 cm³/mol. The largest absolute Gasteiger partial charge is 0.350 e. The summed E-state index contributed by atoms with van der Waals surface area (Å²) in [4.78, 5) is 27.2. The van der Waals surface area contributed by atoms with Crippen molar-refractivity contribution in [3.05, 3.63) is 65.4 Å². The number of carbonyl (C=O) groups excluding carboxylic acids is 2. The van der Waals surface area contributed by atoms with Gasteiger partial charge in [0.1, 0.15) is 6.04 Å². The van der Waals surface area contributed by atoms with Gasteiger partial charge in [-0.3, -0.25) is 9.59 Å². The lowest BCUT2D eigenvalue weighted by Gasteiger charge is -2.30. The Kier molecular flexibility index (Phi) is 9.55. The molecule has 0 aliphatic carbocycles. The lowest BCUT2D eigenvalue weighted by molar-refractivity contribution is -0.141. The average molecular weight is 555 g/mol. The molecule has 9 nitrogen and oxygen atoms in total. The Morgan fingerprint density at radius 1 is 1.00 bits per heavy atom. The number of nitrogens with zero attached hydrogens (tertiary/aromatic N) is 2. The number of hydrogen-bond acceptors (Lipinski definition) is 6. The van der Waals surface area contributed by atoms with Gasteiger partial charge in [0.25, 0.3) is 10.0 Å². The minimum atomic E-state index is -3.95. The fourth-order valence-electron chi connectivity index (χ4n) is 4.30. The molecular weight excluding hydrogens is 516 g/mol. The van der Waals surface area contributed by atoms with Gasteiger partial charge in [-0.25, -0.2) is 13.1 Å². The van der Waals surface area contributed by atoms with Gasteiger partial charge in [-0.05, 0) is 42.9 Å². The molecule has 2 amide bonds. The highest BCUT2D eigenvalue weighted by atomic mass is 32.2. The summed E-state index contributed by atoms with van der Waals surface area (Å²) in [5, 5.41) is 6.76. The van der Waals surface area contributed by atoms with Crippen LogP contribution in [0.5, 0.6) is 0 Å². The molecule has 0 saturated carbocycles. The van der Waals surface area contributed by atoms with E-state index in [9.17, 15) is 18.0 Å². The number of benzene rings is 2. The van der Waals surface area contributed by atoms with Gasteiger partial charge in [0.05, 0.1) is 10.6 Å². The number of nitrogens with one attached hydrogen (secondary N) is 2. The molecule has 3 aromatic rings. The number of aryl methyl sites for hydroxylation is 1. The molecule has 0 aliphatic rings. The van der Waals surface area contributed by atoms with Gasteiger partial charge in [-0.15, -0.1) is 0 Å². The van der Waals surface area contributed by atoms with E-state index in [0.717, 1.165) is 5.56 Å². The van der Waals surface area contributed by atoms with Crippen LogP contribution in [-0.4, -0.2) is 43.4 Å². The van der Waals surface area contributed by atoms with Gasteiger partial charge in [0.2, 0.25) is 17.7 Å². The van der Waals surface area contributed by atoms with E-state index in [1.165, 1.54) is 11.0 Å². The van der Waals surface area contributed by atoms with Gasteiger partial charge >= 0.3 is 0 Å². The summed E-state index contributed by atoms with van der Waals surface area (Å²) < 4.78 is 34.0. The van der Waals surface area contributed by atoms with Crippen LogP contribution in [0.1, 0.15) is 50.9 Å². The number of carbonyl (C=O) groups is 2. The van der Waals surface area contributed by atoms with Crippen LogP contribution in [-0.2, 0) is 26.2 Å². The van der Waals surface area contributed by atoms with Gasteiger partial charge in [0.15, 0.2) is 0 Å². The van der Waals surface area contributed by atoms with Gasteiger partial charge < -0.3 is 14.7 Å². The van der Waals surface area contributed by atoms with Crippen molar-refractivity contribution >= 4 is 27.7 Å². The Balaban J connectivity index is 1.74. The summed E-state index contributed by atoms with van der Waals surface area (Å²) in [6, 6.07) is 13.5. The highest BCUT2D eigenvalue weighted by molar-refractivity contribution is 7.92. The third-order valence-corrected chi connectivity index (χ3v) is 7.98. The SMILES string of the molecule is Cc1noc(NS(=O)(=O)c2ccccc2-c2ccc(CNC(=O)[C@H](C(C)C)N(C)C(=O)CC(C)C)cc2)c1C. The number of anilines is 1. The molecule has 0 spiro atoms. The molecular formula is C29H38N4O5S. The third-order valence-electron chi connectivity index (χ3n) is 6.59. The van der Waals surface area contributed by atoms with Crippen LogP contribution in [0.25, 0.3) is 11.1 Å². The predicted octanol–water partition coefficient (Wildman–Crippen LogP) is 4.90. The standard InChI is InChI=1S/C29H38N4O5S/c1-18(2)16-26(34)33(7)27(19(3)4)28(35)30-17-22-12-14-23(15-13-22)24-10-8-9-11-25(24)39(36,37)32-29-20(5)21(6)31-38-29/h8-15,18-19,27,32H,16-17H2,1-7H3,(H,30,35)/t27-/m0/s1. The van der Waals surface area contributed by atoms with Crippen molar-refractivity contribution in [2.75, 3.05) is 11.8 Å². The molecule has 3 rings (SSSR count). The van der Waals surface area contributed by atoms with Crippen LogP contribution in [0.3, 0.4) is 0 Å². The molecule has 2 N–H and O–H groups in total. The van der Waals surface area contributed by atoms with E-state index in [4.69, 9.17) is 4.52 Å². The first kappa shape index (κ1) is 29.9. The number of aromatic nitrogens is 1. The van der Waals surface area contributed by atoms with E-state index < -0.39 is 16.1 Å². The van der Waals surface area contributed by atoms with Crippen molar-refractivity contribution in [3.8, 4) is 11.1 Å². The molecule has 1 aromatic heterocycles. The van der Waals surface area contributed by atoms with E-state index >= 15 is 0 Å². The third kappa shape index (κ3) is 7.26. The summed E-state index contributed by atoms with van der Waals surface area (Å²) in [5.41, 5.74) is 3.31. The van der Waals surface area contributed by atoms with Crippen molar-refractivity contribution < 1.29 is 22.5 Å². The number of amides is 2. The molecule has 0 saturated heterocycles. The Hall–Kier alpha value is -3.66. The van der Waals surface area contributed by atoms with Crippen molar-refractivity contribution in [2.45, 2.75) is 65.4 Å². The molecule has 0 radical (unpaired) electrons. The van der Waals surface area contributed by atoms with E-state index in [1.807, 2.05) is 52.0 Å². The molecule has 2 aromatic carbocycles. The van der Waals surface area contributed by atoms with E-state index in [0.29, 0.717) is 28.8 Å². The quantitative estimate of drug-likeness (QED) is 0.348. The number of likely N-dealkylation sites (N-methyl/N-ethyl adjacent to an activating group) is 1. The van der Waals surface area contributed by atoms with Crippen molar-refractivity contribution in [1.82, 2.24) is 15.4 Å². The first-order chi connectivity index (χ1) is 18.3. The van der Waals surface area contributed by atoms with E-state index in [-0.39, 0.29) is 41.0 Å². The molecule has 1 atom stereocenters. The second kappa shape index (κ2) is 12.5. The Morgan fingerprint density at radius 3 is 2.21 bits per heavy atom. The van der Waals surface area contributed by atoms with Gasteiger partial charge in [-0.1, -0.05) is 75.3 Å². The summed E-state index contributed by atoms with van der Waals surface area (Å²) in [6.45, 7) is 11.5. The maximum Gasteiger partial charge on any atom is 0.264 e. The average Bonchev–Trinajstić information content (AvgIpc) is 3.19. The lowest BCUT2D eigenvalue weighted by Crippen LogP contribution is -2.50. The van der Waals surface area contributed by atoms with Crippen molar-refractivity contribution in [2.24, 2.45) is 11.8 Å². The molecule has 10 heteroatoms. The minimum Gasteiger partial charge on any atom is -0.350 e. The van der Waals surface area contributed by atoms with Crippen LogP contribution in [0, 0.1) is 25.7 Å². The fraction of sp³-hybridized carbons (Fsp3) is 0.414. The lowest BCUT2D eigenvalue weighted by atomic mass is 10.00. The summed E-state index contributed by atoms with van der Waals surface area (Å²) in [5.74, 6) is -0.0235. The number of sulfonamides is 1. The second-order valence-corrected chi connectivity index (χ2v) is 12.2. The Bertz CT molecular complexity index is 1410. The maximum absolute atomic E-state index is 13.2. The Morgan fingerprint density at radius 2 is 1.64 bits per heavy atom. The molecule has 0 aliphatic heterocycles. The highest BCUT2D eigenvalue weighted by Crippen LogP contribution is 2.30. The van der Waals surface area contributed by atoms with Crippen LogP contribution >= 0.6 is 0 Å².